The molecular weight excluding hydrogens is 204 g/mol. The number of piperidine rings is 1. The van der Waals surface area contributed by atoms with E-state index in [1.54, 1.807) is 7.05 Å². The molecule has 1 N–H and O–H groups in total. The largest absolute Gasteiger partial charge is 0.468 e. The highest BCUT2D eigenvalue weighted by Gasteiger charge is 2.26. The molecule has 0 radical (unpaired) electrons. The minimum absolute atomic E-state index is 0.173. The molecule has 0 aromatic carbocycles. The van der Waals surface area contributed by atoms with Gasteiger partial charge >= 0.3 is 5.97 Å². The number of carbonyl (C=O) groups excluding carboxylic acids is 1. The molecule has 3 atom stereocenters. The molecule has 94 valence electrons. The number of methoxy groups -OCH3 is 1. The third kappa shape index (κ3) is 3.76. The Balaban J connectivity index is 2.47. The molecule has 0 bridgehead atoms. The smallest absolute Gasteiger partial charge is 0.324 e. The molecule has 0 spiro atoms. The van der Waals surface area contributed by atoms with Gasteiger partial charge in [0.2, 0.25) is 0 Å². The zero-order valence-corrected chi connectivity index (χ0v) is 10.8. The van der Waals surface area contributed by atoms with Crippen LogP contribution in [0.15, 0.2) is 0 Å². The first-order valence-corrected chi connectivity index (χ1v) is 6.04. The van der Waals surface area contributed by atoms with Crippen LogP contribution in [-0.4, -0.2) is 50.7 Å². The molecule has 1 heterocycles. The van der Waals surface area contributed by atoms with Gasteiger partial charge in [-0.05, 0) is 25.3 Å². The van der Waals surface area contributed by atoms with Crippen LogP contribution in [0, 0.1) is 11.8 Å². The van der Waals surface area contributed by atoms with E-state index < -0.39 is 0 Å². The van der Waals surface area contributed by atoms with Crippen LogP contribution in [0.2, 0.25) is 0 Å². The Morgan fingerprint density at radius 1 is 1.44 bits per heavy atom. The minimum atomic E-state index is -0.206. The van der Waals surface area contributed by atoms with Gasteiger partial charge in [-0.2, -0.15) is 0 Å². The lowest BCUT2D eigenvalue weighted by molar-refractivity contribution is -0.143. The van der Waals surface area contributed by atoms with Crippen molar-refractivity contribution < 1.29 is 9.53 Å². The summed E-state index contributed by atoms with van der Waals surface area (Å²) in [6, 6.07) is -0.206. The fraction of sp³-hybridized carbons (Fsp3) is 0.917. The number of carbonyl (C=O) groups is 1. The molecule has 1 aliphatic rings. The second-order valence-electron chi connectivity index (χ2n) is 5.03. The average molecular weight is 228 g/mol. The number of esters is 1. The minimum Gasteiger partial charge on any atom is -0.468 e. The Morgan fingerprint density at radius 3 is 2.44 bits per heavy atom. The lowest BCUT2D eigenvalue weighted by atomic mass is 9.91. The van der Waals surface area contributed by atoms with Gasteiger partial charge in [0.25, 0.3) is 0 Å². The number of rotatable bonds is 4. The first kappa shape index (κ1) is 13.5. The maximum atomic E-state index is 11.5. The molecule has 0 aromatic heterocycles. The van der Waals surface area contributed by atoms with Crippen LogP contribution < -0.4 is 5.32 Å². The zero-order chi connectivity index (χ0) is 12.1. The van der Waals surface area contributed by atoms with E-state index in [4.69, 9.17) is 4.74 Å². The van der Waals surface area contributed by atoms with E-state index in [1.807, 2.05) is 0 Å². The fourth-order valence-electron chi connectivity index (χ4n) is 2.63. The molecule has 0 aliphatic carbocycles. The van der Waals surface area contributed by atoms with E-state index in [0.717, 1.165) is 31.5 Å². The molecule has 0 amide bonds. The van der Waals surface area contributed by atoms with E-state index >= 15 is 0 Å². The van der Waals surface area contributed by atoms with Gasteiger partial charge < -0.3 is 15.0 Å². The molecule has 4 nitrogen and oxygen atoms in total. The summed E-state index contributed by atoms with van der Waals surface area (Å²) in [5.74, 6) is 1.27. The number of nitrogens with one attached hydrogen (secondary N) is 1. The second-order valence-corrected chi connectivity index (χ2v) is 5.03. The van der Waals surface area contributed by atoms with Crippen molar-refractivity contribution in [3.8, 4) is 0 Å². The predicted molar refractivity (Wildman–Crippen MR) is 64.2 cm³/mol. The molecule has 16 heavy (non-hydrogen) atoms. The fourth-order valence-corrected chi connectivity index (χ4v) is 2.63. The van der Waals surface area contributed by atoms with Crippen LogP contribution in [-0.2, 0) is 9.53 Å². The monoisotopic (exact) mass is 228 g/mol. The van der Waals surface area contributed by atoms with Crippen molar-refractivity contribution in [3.05, 3.63) is 0 Å². The van der Waals surface area contributed by atoms with Crippen LogP contribution in [0.1, 0.15) is 20.3 Å². The molecular formula is C12H24N2O2. The van der Waals surface area contributed by atoms with Crippen molar-refractivity contribution in [3.63, 3.8) is 0 Å². The second kappa shape index (κ2) is 6.21. The molecule has 1 rings (SSSR count). The quantitative estimate of drug-likeness (QED) is 0.720. The number of hydrogen-bond donors (Lipinski definition) is 1. The van der Waals surface area contributed by atoms with E-state index in [1.165, 1.54) is 13.5 Å². The lowest BCUT2D eigenvalue weighted by Gasteiger charge is -2.36. The van der Waals surface area contributed by atoms with E-state index in [9.17, 15) is 4.79 Å². The van der Waals surface area contributed by atoms with Crippen molar-refractivity contribution in [1.29, 1.82) is 0 Å². The summed E-state index contributed by atoms with van der Waals surface area (Å²) in [5, 5.41) is 3.01. The van der Waals surface area contributed by atoms with Crippen molar-refractivity contribution in [2.45, 2.75) is 26.3 Å². The molecule has 1 saturated heterocycles. The number of likely N-dealkylation sites (N-methyl/N-ethyl adjacent to an activating group) is 1. The third-order valence-electron chi connectivity index (χ3n) is 3.22. The van der Waals surface area contributed by atoms with Crippen molar-refractivity contribution in [2.24, 2.45) is 11.8 Å². The zero-order valence-electron chi connectivity index (χ0n) is 10.8. The highest BCUT2D eigenvalue weighted by Crippen LogP contribution is 2.20. The van der Waals surface area contributed by atoms with Crippen molar-refractivity contribution in [1.82, 2.24) is 10.2 Å². The summed E-state index contributed by atoms with van der Waals surface area (Å²) in [5.41, 5.74) is 0. The normalized spacial score (nSPS) is 28.8. The number of nitrogens with zero attached hydrogens (tertiary/aromatic N) is 1. The van der Waals surface area contributed by atoms with Crippen molar-refractivity contribution >= 4 is 5.97 Å². The Labute approximate surface area is 98.3 Å². The molecule has 0 saturated carbocycles. The summed E-state index contributed by atoms with van der Waals surface area (Å²) in [7, 11) is 3.24. The molecule has 0 aromatic rings. The van der Waals surface area contributed by atoms with Crippen LogP contribution in [0.3, 0.4) is 0 Å². The first-order valence-electron chi connectivity index (χ1n) is 6.04. The average Bonchev–Trinajstić information content (AvgIpc) is 2.23. The topological polar surface area (TPSA) is 41.6 Å². The standard InChI is InChI=1S/C12H24N2O2/c1-9-5-10(2)7-14(6-9)8-11(13-3)12(15)16-4/h9-11,13H,5-8H2,1-4H3. The highest BCUT2D eigenvalue weighted by atomic mass is 16.5. The SMILES string of the molecule is CNC(CN1CC(C)CC(C)C1)C(=O)OC. The van der Waals surface area contributed by atoms with Gasteiger partial charge in [0.1, 0.15) is 6.04 Å². The number of likely N-dealkylation sites (tertiary alicyclic amines) is 1. The predicted octanol–water partition coefficient (Wildman–Crippen LogP) is 0.725. The molecule has 1 aliphatic heterocycles. The van der Waals surface area contributed by atoms with Gasteiger partial charge in [-0.3, -0.25) is 4.79 Å². The molecule has 4 heteroatoms. The van der Waals surface area contributed by atoms with E-state index in [-0.39, 0.29) is 12.0 Å². The summed E-state index contributed by atoms with van der Waals surface area (Å²) >= 11 is 0. The molecule has 3 unspecified atom stereocenters. The Hall–Kier alpha value is -0.610. The van der Waals surface area contributed by atoms with Gasteiger partial charge in [-0.1, -0.05) is 13.8 Å². The van der Waals surface area contributed by atoms with Crippen LogP contribution in [0.4, 0.5) is 0 Å². The van der Waals surface area contributed by atoms with Crippen LogP contribution in [0.25, 0.3) is 0 Å². The van der Waals surface area contributed by atoms with E-state index in [0.29, 0.717) is 0 Å². The van der Waals surface area contributed by atoms with E-state index in [2.05, 4.69) is 24.1 Å². The van der Waals surface area contributed by atoms with Gasteiger partial charge in [0.15, 0.2) is 0 Å². The first-order chi connectivity index (χ1) is 7.56. The summed E-state index contributed by atoms with van der Waals surface area (Å²) in [6.07, 6.45) is 1.29. The van der Waals surface area contributed by atoms with Crippen LogP contribution in [0.5, 0.6) is 0 Å². The lowest BCUT2D eigenvalue weighted by Crippen LogP contribution is -2.49. The Morgan fingerprint density at radius 2 is 2.00 bits per heavy atom. The summed E-state index contributed by atoms with van der Waals surface area (Å²) < 4.78 is 4.77. The number of ether oxygens (including phenoxy) is 1. The number of hydrogen-bond acceptors (Lipinski definition) is 4. The van der Waals surface area contributed by atoms with Gasteiger partial charge in [-0.15, -0.1) is 0 Å². The van der Waals surface area contributed by atoms with Gasteiger partial charge in [-0.25, -0.2) is 0 Å². The van der Waals surface area contributed by atoms with Crippen molar-refractivity contribution in [2.75, 3.05) is 33.8 Å². The third-order valence-corrected chi connectivity index (χ3v) is 3.22. The van der Waals surface area contributed by atoms with Crippen LogP contribution >= 0.6 is 0 Å². The van der Waals surface area contributed by atoms with Gasteiger partial charge in [0.05, 0.1) is 7.11 Å². The van der Waals surface area contributed by atoms with Gasteiger partial charge in [0, 0.05) is 19.6 Å². The maximum Gasteiger partial charge on any atom is 0.324 e. The summed E-state index contributed by atoms with van der Waals surface area (Å²) in [4.78, 5) is 13.8. The summed E-state index contributed by atoms with van der Waals surface area (Å²) in [6.45, 7) is 7.46. The Bertz CT molecular complexity index is 223. The molecule has 1 fully saturated rings. The maximum absolute atomic E-state index is 11.5. The highest BCUT2D eigenvalue weighted by molar-refractivity contribution is 5.75. The Kier molecular flexibility index (Phi) is 5.22.